The van der Waals surface area contributed by atoms with Crippen LogP contribution in [-0.2, 0) is 5.41 Å². The van der Waals surface area contributed by atoms with Gasteiger partial charge in [0.25, 0.3) is 0 Å². The Bertz CT molecular complexity index is 655. The molecule has 0 spiro atoms. The summed E-state index contributed by atoms with van der Waals surface area (Å²) in [5, 5.41) is 0. The van der Waals surface area contributed by atoms with Crippen LogP contribution in [0.5, 0.6) is 11.5 Å². The minimum Gasteiger partial charge on any atom is -0.457 e. The molecule has 0 saturated carbocycles. The first-order chi connectivity index (χ1) is 9.56. The first kappa shape index (κ1) is 12.6. The lowest BCUT2D eigenvalue weighted by Crippen LogP contribution is -2.24. The number of aldehydes is 2. The van der Waals surface area contributed by atoms with E-state index in [4.69, 9.17) is 4.74 Å². The van der Waals surface area contributed by atoms with Crippen molar-refractivity contribution in [1.29, 1.82) is 0 Å². The standard InChI is InChI=1S/C17H14O3/c1-17(2)13-7-11(9-18)3-5-15(13)20-16-6-4-12(10-19)8-14(16)17/h3-10H,1-2H3. The van der Waals surface area contributed by atoms with Gasteiger partial charge in [-0.3, -0.25) is 9.59 Å². The molecule has 1 heterocycles. The van der Waals surface area contributed by atoms with Crippen LogP contribution in [0.2, 0.25) is 0 Å². The van der Waals surface area contributed by atoms with Crippen molar-refractivity contribution in [3.05, 3.63) is 58.7 Å². The van der Waals surface area contributed by atoms with Crippen LogP contribution in [0.3, 0.4) is 0 Å². The molecule has 0 radical (unpaired) electrons. The summed E-state index contributed by atoms with van der Waals surface area (Å²) in [5.74, 6) is 1.51. The smallest absolute Gasteiger partial charge is 0.150 e. The highest BCUT2D eigenvalue weighted by molar-refractivity contribution is 5.78. The molecule has 0 aliphatic carbocycles. The summed E-state index contributed by atoms with van der Waals surface area (Å²) >= 11 is 0. The Kier molecular flexibility index (Phi) is 2.71. The summed E-state index contributed by atoms with van der Waals surface area (Å²) in [7, 11) is 0. The Hall–Kier alpha value is -2.42. The van der Waals surface area contributed by atoms with Crippen molar-refractivity contribution in [2.75, 3.05) is 0 Å². The molecule has 2 aromatic rings. The molecular formula is C17H14O3. The van der Waals surface area contributed by atoms with E-state index in [-0.39, 0.29) is 5.41 Å². The van der Waals surface area contributed by atoms with Crippen LogP contribution in [0.25, 0.3) is 0 Å². The maximum Gasteiger partial charge on any atom is 0.150 e. The lowest BCUT2D eigenvalue weighted by Gasteiger charge is -2.34. The lowest BCUT2D eigenvalue weighted by molar-refractivity contribution is 0.111. The van der Waals surface area contributed by atoms with E-state index in [0.717, 1.165) is 35.2 Å². The number of benzene rings is 2. The molecule has 0 amide bonds. The molecule has 20 heavy (non-hydrogen) atoms. The maximum absolute atomic E-state index is 11.0. The Morgan fingerprint density at radius 2 is 1.30 bits per heavy atom. The minimum absolute atomic E-state index is 0.318. The van der Waals surface area contributed by atoms with Gasteiger partial charge in [-0.05, 0) is 36.4 Å². The molecule has 0 aromatic heterocycles. The topological polar surface area (TPSA) is 43.4 Å². The fraction of sp³-hybridized carbons (Fsp3) is 0.176. The van der Waals surface area contributed by atoms with Crippen LogP contribution in [0.4, 0.5) is 0 Å². The van der Waals surface area contributed by atoms with Gasteiger partial charge < -0.3 is 4.74 Å². The lowest BCUT2D eigenvalue weighted by atomic mass is 9.75. The van der Waals surface area contributed by atoms with E-state index in [9.17, 15) is 9.59 Å². The van der Waals surface area contributed by atoms with Crippen LogP contribution in [-0.4, -0.2) is 12.6 Å². The predicted octanol–water partition coefficient (Wildman–Crippen LogP) is 3.74. The van der Waals surface area contributed by atoms with E-state index in [1.165, 1.54) is 0 Å². The van der Waals surface area contributed by atoms with E-state index in [0.29, 0.717) is 11.1 Å². The molecule has 0 unspecified atom stereocenters. The summed E-state index contributed by atoms with van der Waals surface area (Å²) in [6, 6.07) is 10.8. The van der Waals surface area contributed by atoms with Gasteiger partial charge in [-0.1, -0.05) is 13.8 Å². The third-order valence-corrected chi connectivity index (χ3v) is 3.85. The van der Waals surface area contributed by atoms with Gasteiger partial charge in [-0.25, -0.2) is 0 Å². The van der Waals surface area contributed by atoms with Crippen LogP contribution < -0.4 is 4.74 Å². The molecule has 0 saturated heterocycles. The Balaban J connectivity index is 2.23. The van der Waals surface area contributed by atoms with E-state index >= 15 is 0 Å². The molecule has 100 valence electrons. The number of carbonyl (C=O) groups excluding carboxylic acids is 2. The Morgan fingerprint density at radius 3 is 1.70 bits per heavy atom. The molecule has 0 N–H and O–H groups in total. The number of hydrogen-bond acceptors (Lipinski definition) is 3. The minimum atomic E-state index is -0.318. The fourth-order valence-corrected chi connectivity index (χ4v) is 2.66. The van der Waals surface area contributed by atoms with Crippen molar-refractivity contribution < 1.29 is 14.3 Å². The number of fused-ring (bicyclic) bond motifs is 2. The van der Waals surface area contributed by atoms with Gasteiger partial charge in [0.1, 0.15) is 24.1 Å². The third-order valence-electron chi connectivity index (χ3n) is 3.85. The molecular weight excluding hydrogens is 252 g/mol. The summed E-state index contributed by atoms with van der Waals surface area (Å²) in [5.41, 5.74) is 2.84. The van der Waals surface area contributed by atoms with Crippen LogP contribution >= 0.6 is 0 Å². The van der Waals surface area contributed by atoms with Crippen molar-refractivity contribution in [2.24, 2.45) is 0 Å². The van der Waals surface area contributed by atoms with Gasteiger partial charge in [0, 0.05) is 27.7 Å². The average Bonchev–Trinajstić information content (AvgIpc) is 2.47. The highest BCUT2D eigenvalue weighted by atomic mass is 16.5. The molecule has 0 fully saturated rings. The van der Waals surface area contributed by atoms with Crippen molar-refractivity contribution in [2.45, 2.75) is 19.3 Å². The molecule has 3 rings (SSSR count). The first-order valence-electron chi connectivity index (χ1n) is 6.43. The zero-order chi connectivity index (χ0) is 14.3. The van der Waals surface area contributed by atoms with Crippen LogP contribution in [0, 0.1) is 0 Å². The maximum atomic E-state index is 11.0. The normalized spacial score (nSPS) is 14.7. The van der Waals surface area contributed by atoms with Crippen molar-refractivity contribution in [3.8, 4) is 11.5 Å². The number of rotatable bonds is 2. The SMILES string of the molecule is CC1(C)c2cc(C=O)ccc2Oc2ccc(C=O)cc21. The van der Waals surface area contributed by atoms with Crippen LogP contribution in [0.15, 0.2) is 36.4 Å². The number of hydrogen-bond donors (Lipinski definition) is 0. The van der Waals surface area contributed by atoms with Gasteiger partial charge >= 0.3 is 0 Å². The third kappa shape index (κ3) is 1.74. The monoisotopic (exact) mass is 266 g/mol. The zero-order valence-electron chi connectivity index (χ0n) is 11.3. The van der Waals surface area contributed by atoms with Crippen molar-refractivity contribution >= 4 is 12.6 Å². The van der Waals surface area contributed by atoms with Gasteiger partial charge in [-0.15, -0.1) is 0 Å². The zero-order valence-corrected chi connectivity index (χ0v) is 11.3. The average molecular weight is 266 g/mol. The van der Waals surface area contributed by atoms with Gasteiger partial charge in [-0.2, -0.15) is 0 Å². The molecule has 2 aromatic carbocycles. The van der Waals surface area contributed by atoms with Gasteiger partial charge in [0.2, 0.25) is 0 Å². The molecule has 1 aliphatic rings. The second-order valence-electron chi connectivity index (χ2n) is 5.47. The summed E-state index contributed by atoms with van der Waals surface area (Å²) in [4.78, 5) is 21.9. The fourth-order valence-electron chi connectivity index (χ4n) is 2.66. The second kappa shape index (κ2) is 4.30. The summed E-state index contributed by atoms with van der Waals surface area (Å²) in [6.07, 6.45) is 1.65. The highest BCUT2D eigenvalue weighted by Gasteiger charge is 2.34. The molecule has 3 heteroatoms. The predicted molar refractivity (Wildman–Crippen MR) is 75.9 cm³/mol. The molecule has 3 nitrogen and oxygen atoms in total. The summed E-state index contributed by atoms with van der Waals surface area (Å²) in [6.45, 7) is 4.13. The van der Waals surface area contributed by atoms with Crippen molar-refractivity contribution in [3.63, 3.8) is 0 Å². The van der Waals surface area contributed by atoms with Gasteiger partial charge in [0.05, 0.1) is 0 Å². The summed E-state index contributed by atoms with van der Waals surface area (Å²) < 4.78 is 5.88. The second-order valence-corrected chi connectivity index (χ2v) is 5.47. The van der Waals surface area contributed by atoms with E-state index < -0.39 is 0 Å². The first-order valence-corrected chi connectivity index (χ1v) is 6.43. The number of carbonyl (C=O) groups is 2. The van der Waals surface area contributed by atoms with Crippen LogP contribution in [0.1, 0.15) is 45.7 Å². The van der Waals surface area contributed by atoms with Crippen molar-refractivity contribution in [1.82, 2.24) is 0 Å². The van der Waals surface area contributed by atoms with E-state index in [2.05, 4.69) is 13.8 Å². The molecule has 1 aliphatic heterocycles. The van der Waals surface area contributed by atoms with Gasteiger partial charge in [0.15, 0.2) is 0 Å². The van der Waals surface area contributed by atoms with E-state index in [1.807, 2.05) is 24.3 Å². The number of ether oxygens (including phenoxy) is 1. The molecule has 0 atom stereocenters. The largest absolute Gasteiger partial charge is 0.457 e. The highest BCUT2D eigenvalue weighted by Crippen LogP contribution is 2.48. The van der Waals surface area contributed by atoms with E-state index in [1.54, 1.807) is 12.1 Å². The quantitative estimate of drug-likeness (QED) is 0.778. The Morgan fingerprint density at radius 1 is 0.850 bits per heavy atom. The Labute approximate surface area is 117 Å². The molecule has 0 bridgehead atoms.